The van der Waals surface area contributed by atoms with Gasteiger partial charge in [-0.1, -0.05) is 23.7 Å². The van der Waals surface area contributed by atoms with Crippen LogP contribution in [0.5, 0.6) is 11.5 Å². The van der Waals surface area contributed by atoms with Crippen LogP contribution in [0, 0.1) is 10.1 Å². The van der Waals surface area contributed by atoms with Crippen molar-refractivity contribution in [3.63, 3.8) is 0 Å². The lowest BCUT2D eigenvalue weighted by Gasteiger charge is -2.11. The number of halogens is 1. The molecule has 2 rings (SSSR count). The van der Waals surface area contributed by atoms with E-state index in [4.69, 9.17) is 27.2 Å². The molecule has 3 N–H and O–H groups in total. The van der Waals surface area contributed by atoms with Crippen LogP contribution in [0.25, 0.3) is 0 Å². The van der Waals surface area contributed by atoms with Gasteiger partial charge in [-0.05, 0) is 24.3 Å². The standard InChI is InChI=1S/C15H13ClN2O5/c16-11-3-1-2-4-14(11)23-10-5-6-13(18(21)22)9(7-10)8-12(17)15(19)20/h1-7,12H,8,17H2,(H,19,20)/t12-/m0/s1. The molecule has 0 bridgehead atoms. The van der Waals surface area contributed by atoms with Gasteiger partial charge >= 0.3 is 5.97 Å². The lowest BCUT2D eigenvalue weighted by molar-refractivity contribution is -0.385. The third kappa shape index (κ3) is 4.18. The molecule has 0 fully saturated rings. The van der Waals surface area contributed by atoms with Crippen molar-refractivity contribution in [2.75, 3.05) is 0 Å². The summed E-state index contributed by atoms with van der Waals surface area (Å²) in [5.74, 6) is -0.551. The number of nitrogens with two attached hydrogens (primary N) is 1. The highest BCUT2D eigenvalue weighted by Gasteiger charge is 2.21. The molecule has 2 aromatic rings. The van der Waals surface area contributed by atoms with Gasteiger partial charge in [-0.25, -0.2) is 0 Å². The Morgan fingerprint density at radius 3 is 2.65 bits per heavy atom. The summed E-state index contributed by atoms with van der Waals surface area (Å²) in [6.45, 7) is 0. The van der Waals surface area contributed by atoms with E-state index in [1.54, 1.807) is 24.3 Å². The highest BCUT2D eigenvalue weighted by molar-refractivity contribution is 6.32. The third-order valence-electron chi connectivity index (χ3n) is 3.07. The fourth-order valence-electron chi connectivity index (χ4n) is 1.95. The Bertz CT molecular complexity index is 750. The number of carboxylic acids is 1. The Labute approximate surface area is 136 Å². The smallest absolute Gasteiger partial charge is 0.320 e. The molecule has 120 valence electrons. The Kier molecular flexibility index (Phi) is 5.15. The first-order chi connectivity index (χ1) is 10.9. The lowest BCUT2D eigenvalue weighted by Crippen LogP contribution is -2.32. The number of hydrogen-bond acceptors (Lipinski definition) is 5. The van der Waals surface area contributed by atoms with Crippen LogP contribution in [0.4, 0.5) is 5.69 Å². The van der Waals surface area contributed by atoms with Crippen molar-refractivity contribution in [1.82, 2.24) is 0 Å². The van der Waals surface area contributed by atoms with Gasteiger partial charge in [0.25, 0.3) is 5.69 Å². The molecule has 0 saturated heterocycles. The monoisotopic (exact) mass is 336 g/mol. The highest BCUT2D eigenvalue weighted by Crippen LogP contribution is 2.32. The number of carboxylic acid groups (broad SMARTS) is 1. The SMILES string of the molecule is N[C@@H](Cc1cc(Oc2ccccc2Cl)ccc1[N+](=O)[O-])C(=O)O. The minimum absolute atomic E-state index is 0.175. The van der Waals surface area contributed by atoms with Crippen LogP contribution in [0.3, 0.4) is 0 Å². The van der Waals surface area contributed by atoms with E-state index >= 15 is 0 Å². The molecule has 0 aliphatic rings. The maximum Gasteiger partial charge on any atom is 0.320 e. The molecule has 0 radical (unpaired) electrons. The van der Waals surface area contributed by atoms with Crippen LogP contribution in [0.15, 0.2) is 42.5 Å². The van der Waals surface area contributed by atoms with Gasteiger partial charge in [0.15, 0.2) is 0 Å². The summed E-state index contributed by atoms with van der Waals surface area (Å²) in [5.41, 5.74) is 5.42. The zero-order chi connectivity index (χ0) is 17.0. The molecule has 7 nitrogen and oxygen atoms in total. The Morgan fingerprint density at radius 1 is 1.35 bits per heavy atom. The summed E-state index contributed by atoms with van der Waals surface area (Å²) in [7, 11) is 0. The summed E-state index contributed by atoms with van der Waals surface area (Å²) < 4.78 is 5.58. The topological polar surface area (TPSA) is 116 Å². The minimum Gasteiger partial charge on any atom is -0.480 e. The number of hydrogen-bond donors (Lipinski definition) is 2. The summed E-state index contributed by atoms with van der Waals surface area (Å²) in [4.78, 5) is 21.3. The van der Waals surface area contributed by atoms with Crippen molar-refractivity contribution < 1.29 is 19.6 Å². The van der Waals surface area contributed by atoms with Crippen molar-refractivity contribution in [2.24, 2.45) is 5.73 Å². The van der Waals surface area contributed by atoms with Crippen LogP contribution in [-0.2, 0) is 11.2 Å². The maximum atomic E-state index is 11.1. The van der Waals surface area contributed by atoms with E-state index in [0.29, 0.717) is 16.5 Å². The van der Waals surface area contributed by atoms with E-state index in [9.17, 15) is 14.9 Å². The van der Waals surface area contributed by atoms with Gasteiger partial charge in [0.1, 0.15) is 17.5 Å². The third-order valence-corrected chi connectivity index (χ3v) is 3.38. The molecule has 0 saturated carbocycles. The first-order valence-corrected chi connectivity index (χ1v) is 6.94. The van der Waals surface area contributed by atoms with E-state index < -0.39 is 16.9 Å². The van der Waals surface area contributed by atoms with Gasteiger partial charge in [0, 0.05) is 18.1 Å². The molecule has 0 aromatic heterocycles. The van der Waals surface area contributed by atoms with Crippen LogP contribution in [0.1, 0.15) is 5.56 Å². The molecule has 8 heteroatoms. The quantitative estimate of drug-likeness (QED) is 0.618. The van der Waals surface area contributed by atoms with Gasteiger partial charge in [-0.2, -0.15) is 0 Å². The van der Waals surface area contributed by atoms with Gasteiger partial charge in [0.2, 0.25) is 0 Å². The first kappa shape index (κ1) is 16.7. The number of benzene rings is 2. The van der Waals surface area contributed by atoms with Gasteiger partial charge in [-0.15, -0.1) is 0 Å². The molecule has 0 unspecified atom stereocenters. The van der Waals surface area contributed by atoms with Gasteiger partial charge in [0.05, 0.1) is 9.95 Å². The molecule has 0 spiro atoms. The Hall–Kier alpha value is -2.64. The Balaban J connectivity index is 2.34. The van der Waals surface area contributed by atoms with E-state index in [-0.39, 0.29) is 17.7 Å². The van der Waals surface area contributed by atoms with E-state index in [1.807, 2.05) is 0 Å². The first-order valence-electron chi connectivity index (χ1n) is 6.56. The number of nitrogens with zero attached hydrogens (tertiary/aromatic N) is 1. The second kappa shape index (κ2) is 7.08. The maximum absolute atomic E-state index is 11.1. The molecule has 23 heavy (non-hydrogen) atoms. The average molecular weight is 337 g/mol. The largest absolute Gasteiger partial charge is 0.480 e. The Morgan fingerprint density at radius 2 is 2.04 bits per heavy atom. The number of nitro groups is 1. The molecule has 2 aromatic carbocycles. The van der Waals surface area contributed by atoms with Crippen LogP contribution in [0.2, 0.25) is 5.02 Å². The van der Waals surface area contributed by atoms with Gasteiger partial charge < -0.3 is 15.6 Å². The molecular formula is C15H13ClN2O5. The second-order valence-corrected chi connectivity index (χ2v) is 5.14. The van der Waals surface area contributed by atoms with Crippen molar-refractivity contribution in [3.8, 4) is 11.5 Å². The predicted molar refractivity (Wildman–Crippen MR) is 83.9 cm³/mol. The fraction of sp³-hybridized carbons (Fsp3) is 0.133. The van der Waals surface area contributed by atoms with Crippen molar-refractivity contribution in [1.29, 1.82) is 0 Å². The van der Waals surface area contributed by atoms with Crippen molar-refractivity contribution >= 4 is 23.3 Å². The number of rotatable bonds is 6. The van der Waals surface area contributed by atoms with E-state index in [1.165, 1.54) is 18.2 Å². The fourth-order valence-corrected chi connectivity index (χ4v) is 2.12. The minimum atomic E-state index is -1.25. The molecule has 0 aliphatic heterocycles. The molecular weight excluding hydrogens is 324 g/mol. The molecule has 0 heterocycles. The molecule has 0 amide bonds. The number of para-hydroxylation sites is 1. The predicted octanol–water partition coefficient (Wildman–Crippen LogP) is 2.99. The van der Waals surface area contributed by atoms with E-state index in [0.717, 1.165) is 0 Å². The summed E-state index contributed by atoms with van der Waals surface area (Å²) in [6.07, 6.45) is -0.189. The van der Waals surface area contributed by atoms with Gasteiger partial charge in [-0.3, -0.25) is 14.9 Å². The molecule has 0 aliphatic carbocycles. The number of carbonyl (C=O) groups is 1. The zero-order valence-corrected chi connectivity index (χ0v) is 12.6. The average Bonchev–Trinajstić information content (AvgIpc) is 2.49. The zero-order valence-electron chi connectivity index (χ0n) is 11.8. The lowest BCUT2D eigenvalue weighted by atomic mass is 10.0. The van der Waals surface area contributed by atoms with Crippen LogP contribution in [-0.4, -0.2) is 22.0 Å². The number of nitro benzene ring substituents is 1. The van der Waals surface area contributed by atoms with Crippen LogP contribution >= 0.6 is 11.6 Å². The second-order valence-electron chi connectivity index (χ2n) is 4.73. The van der Waals surface area contributed by atoms with Crippen LogP contribution < -0.4 is 10.5 Å². The van der Waals surface area contributed by atoms with Crippen molar-refractivity contribution in [3.05, 3.63) is 63.2 Å². The number of ether oxygens (including phenoxy) is 1. The highest BCUT2D eigenvalue weighted by atomic mass is 35.5. The van der Waals surface area contributed by atoms with E-state index in [2.05, 4.69) is 0 Å². The summed E-state index contributed by atoms with van der Waals surface area (Å²) in [6, 6.07) is 9.56. The summed E-state index contributed by atoms with van der Waals surface area (Å²) in [5, 5.41) is 20.3. The normalized spacial score (nSPS) is 11.7. The summed E-state index contributed by atoms with van der Waals surface area (Å²) >= 11 is 5.99. The molecule has 1 atom stereocenters. The van der Waals surface area contributed by atoms with Crippen molar-refractivity contribution in [2.45, 2.75) is 12.5 Å². The number of aliphatic carboxylic acids is 1.